The molecule has 0 spiro atoms. The van der Waals surface area contributed by atoms with E-state index in [0.29, 0.717) is 11.3 Å². The third-order valence-electron chi connectivity index (χ3n) is 2.37. The molecule has 0 aliphatic rings. The molecule has 0 atom stereocenters. The van der Waals surface area contributed by atoms with Gasteiger partial charge in [0, 0.05) is 12.3 Å². The average Bonchev–Trinajstić information content (AvgIpc) is 2.82. The van der Waals surface area contributed by atoms with Crippen LogP contribution in [-0.2, 0) is 6.54 Å². The lowest BCUT2D eigenvalue weighted by Gasteiger charge is -1.97. The second-order valence-electron chi connectivity index (χ2n) is 3.64. The molecule has 86 valence electrons. The van der Waals surface area contributed by atoms with Gasteiger partial charge in [-0.15, -0.1) is 0 Å². The predicted octanol–water partition coefficient (Wildman–Crippen LogP) is 0.284. The number of nitrogens with one attached hydrogen (secondary N) is 1. The Balaban J connectivity index is 2.16. The van der Waals surface area contributed by atoms with Crippen LogP contribution in [0.15, 0.2) is 42.9 Å². The summed E-state index contributed by atoms with van der Waals surface area (Å²) in [4.78, 5) is 25.6. The Labute approximate surface area is 97.9 Å². The number of aromatic amines is 1. The quantitative estimate of drug-likeness (QED) is 0.584. The summed E-state index contributed by atoms with van der Waals surface area (Å²) in [5, 5.41) is 0. The minimum atomic E-state index is -0.508. The number of pyridine rings is 1. The summed E-state index contributed by atoms with van der Waals surface area (Å²) in [6, 6.07) is 6.76. The maximum Gasteiger partial charge on any atom is 0.254 e. The smallest absolute Gasteiger partial charge is 0.254 e. The maximum atomic E-state index is 11.8. The number of Topliss-reactive ketones (excluding diaryl/α,β-unsaturated/α-hetero) is 1. The highest BCUT2D eigenvalue weighted by Crippen LogP contribution is 1.97. The number of nitrogens with zero attached hydrogens (tertiary/aromatic N) is 1. The number of primary amides is 1. The molecule has 17 heavy (non-hydrogen) atoms. The minimum absolute atomic E-state index is 0.0541. The van der Waals surface area contributed by atoms with Crippen molar-refractivity contribution >= 4 is 11.7 Å². The van der Waals surface area contributed by atoms with Crippen LogP contribution < -0.4 is 10.3 Å². The number of ketones is 1. The standard InChI is InChI=1S/C12H11N3O2/c13-12(17)9-3-2-6-15(7-9)8-11(16)10-4-1-5-14-10/h1-7H,8H2,(H2-,13,14,16,17)/p+1. The number of rotatable bonds is 4. The van der Waals surface area contributed by atoms with Gasteiger partial charge >= 0.3 is 0 Å². The largest absolute Gasteiger partial charge is 0.365 e. The lowest BCUT2D eigenvalue weighted by molar-refractivity contribution is -0.683. The average molecular weight is 230 g/mol. The molecule has 0 aliphatic heterocycles. The Bertz CT molecular complexity index is 547. The first-order valence-corrected chi connectivity index (χ1v) is 5.12. The van der Waals surface area contributed by atoms with Crippen molar-refractivity contribution in [3.63, 3.8) is 0 Å². The zero-order valence-corrected chi connectivity index (χ0v) is 9.09. The molecule has 2 aromatic heterocycles. The molecule has 2 heterocycles. The summed E-state index contributed by atoms with van der Waals surface area (Å²) in [6.45, 7) is 0.168. The number of carbonyl (C=O) groups excluding carboxylic acids is 2. The normalized spacial score (nSPS) is 10.1. The van der Waals surface area contributed by atoms with Gasteiger partial charge in [0.2, 0.25) is 12.3 Å². The number of hydrogen-bond acceptors (Lipinski definition) is 2. The second kappa shape index (κ2) is 4.61. The van der Waals surface area contributed by atoms with Gasteiger partial charge in [-0.3, -0.25) is 9.59 Å². The molecule has 2 rings (SSSR count). The van der Waals surface area contributed by atoms with Gasteiger partial charge in [-0.05, 0) is 18.2 Å². The molecular formula is C12H12N3O2+. The summed E-state index contributed by atoms with van der Waals surface area (Å²) >= 11 is 0. The van der Waals surface area contributed by atoms with Gasteiger partial charge < -0.3 is 10.7 Å². The molecule has 0 radical (unpaired) electrons. The molecule has 5 heteroatoms. The molecule has 0 fully saturated rings. The maximum absolute atomic E-state index is 11.8. The summed E-state index contributed by atoms with van der Waals surface area (Å²) in [5.74, 6) is -0.562. The highest BCUT2D eigenvalue weighted by atomic mass is 16.1. The lowest BCUT2D eigenvalue weighted by atomic mass is 10.2. The third-order valence-corrected chi connectivity index (χ3v) is 2.37. The van der Waals surface area contributed by atoms with Crippen molar-refractivity contribution in [3.05, 3.63) is 54.1 Å². The van der Waals surface area contributed by atoms with E-state index in [-0.39, 0.29) is 12.3 Å². The number of aromatic nitrogens is 2. The van der Waals surface area contributed by atoms with Crippen molar-refractivity contribution in [2.75, 3.05) is 0 Å². The topological polar surface area (TPSA) is 79.8 Å². The Hall–Kier alpha value is -2.43. The van der Waals surface area contributed by atoms with Crippen LogP contribution in [0.2, 0.25) is 0 Å². The molecule has 0 unspecified atom stereocenters. The fraction of sp³-hybridized carbons (Fsp3) is 0.0833. The molecule has 2 aromatic rings. The van der Waals surface area contributed by atoms with E-state index in [2.05, 4.69) is 4.98 Å². The molecule has 0 aromatic carbocycles. The molecule has 0 aliphatic carbocycles. The summed E-state index contributed by atoms with van der Waals surface area (Å²) in [5.41, 5.74) is 6.09. The van der Waals surface area contributed by atoms with Gasteiger partial charge in [0.15, 0.2) is 12.4 Å². The molecule has 0 saturated carbocycles. The van der Waals surface area contributed by atoms with E-state index in [1.54, 1.807) is 47.4 Å². The lowest BCUT2D eigenvalue weighted by Crippen LogP contribution is -2.38. The van der Waals surface area contributed by atoms with E-state index in [1.807, 2.05) is 0 Å². The minimum Gasteiger partial charge on any atom is -0.365 e. The Kier molecular flexibility index (Phi) is 3.00. The van der Waals surface area contributed by atoms with E-state index in [4.69, 9.17) is 5.73 Å². The van der Waals surface area contributed by atoms with Crippen LogP contribution >= 0.6 is 0 Å². The third kappa shape index (κ3) is 2.57. The molecule has 3 N–H and O–H groups in total. The Morgan fingerprint density at radius 3 is 2.76 bits per heavy atom. The number of nitrogens with two attached hydrogens (primary N) is 1. The van der Waals surface area contributed by atoms with Crippen molar-refractivity contribution < 1.29 is 14.2 Å². The van der Waals surface area contributed by atoms with E-state index >= 15 is 0 Å². The number of hydrogen-bond donors (Lipinski definition) is 2. The Morgan fingerprint density at radius 1 is 1.29 bits per heavy atom. The van der Waals surface area contributed by atoms with Crippen LogP contribution in [0.25, 0.3) is 0 Å². The highest BCUT2D eigenvalue weighted by molar-refractivity contribution is 5.93. The van der Waals surface area contributed by atoms with Crippen molar-refractivity contribution in [2.24, 2.45) is 5.73 Å². The van der Waals surface area contributed by atoms with Crippen LogP contribution in [0.5, 0.6) is 0 Å². The zero-order valence-electron chi connectivity index (χ0n) is 9.09. The number of H-pyrrole nitrogens is 1. The molecular weight excluding hydrogens is 218 g/mol. The monoisotopic (exact) mass is 230 g/mol. The molecule has 1 amide bonds. The van der Waals surface area contributed by atoms with Crippen LogP contribution in [0, 0.1) is 0 Å². The van der Waals surface area contributed by atoms with E-state index < -0.39 is 5.91 Å². The zero-order chi connectivity index (χ0) is 12.3. The summed E-state index contributed by atoms with van der Waals surface area (Å²) < 4.78 is 1.63. The van der Waals surface area contributed by atoms with Crippen LogP contribution in [0.4, 0.5) is 0 Å². The van der Waals surface area contributed by atoms with Gasteiger partial charge in [0.25, 0.3) is 5.91 Å². The van der Waals surface area contributed by atoms with Crippen LogP contribution in [0.3, 0.4) is 0 Å². The summed E-state index contributed by atoms with van der Waals surface area (Å²) in [6.07, 6.45) is 4.97. The van der Waals surface area contributed by atoms with Gasteiger partial charge in [-0.2, -0.15) is 4.57 Å². The predicted molar refractivity (Wildman–Crippen MR) is 60.3 cm³/mol. The van der Waals surface area contributed by atoms with E-state index in [9.17, 15) is 9.59 Å². The number of amides is 1. The second-order valence-corrected chi connectivity index (χ2v) is 3.64. The van der Waals surface area contributed by atoms with Crippen LogP contribution in [0.1, 0.15) is 20.8 Å². The van der Waals surface area contributed by atoms with Gasteiger partial charge in [-0.1, -0.05) is 0 Å². The van der Waals surface area contributed by atoms with Crippen molar-refractivity contribution in [1.82, 2.24) is 4.98 Å². The first-order valence-electron chi connectivity index (χ1n) is 5.12. The first-order chi connectivity index (χ1) is 8.16. The SMILES string of the molecule is NC(=O)c1ccc[n+](CC(=O)c2ccc[nH]2)c1. The fourth-order valence-electron chi connectivity index (χ4n) is 1.52. The van der Waals surface area contributed by atoms with Crippen LogP contribution in [-0.4, -0.2) is 16.7 Å². The Morgan fingerprint density at radius 2 is 2.12 bits per heavy atom. The molecule has 0 bridgehead atoms. The van der Waals surface area contributed by atoms with Gasteiger partial charge in [-0.25, -0.2) is 0 Å². The first kappa shape index (κ1) is 11.1. The van der Waals surface area contributed by atoms with Crippen molar-refractivity contribution in [1.29, 1.82) is 0 Å². The van der Waals surface area contributed by atoms with Gasteiger partial charge in [0.1, 0.15) is 5.56 Å². The molecule has 5 nitrogen and oxygen atoms in total. The van der Waals surface area contributed by atoms with Crippen molar-refractivity contribution in [3.8, 4) is 0 Å². The highest BCUT2D eigenvalue weighted by Gasteiger charge is 2.14. The van der Waals surface area contributed by atoms with E-state index in [0.717, 1.165) is 0 Å². The van der Waals surface area contributed by atoms with E-state index in [1.165, 1.54) is 0 Å². The van der Waals surface area contributed by atoms with Gasteiger partial charge in [0.05, 0.1) is 5.69 Å². The number of carbonyl (C=O) groups is 2. The summed E-state index contributed by atoms with van der Waals surface area (Å²) in [7, 11) is 0. The van der Waals surface area contributed by atoms with Crippen molar-refractivity contribution in [2.45, 2.75) is 6.54 Å². The fourth-order valence-corrected chi connectivity index (χ4v) is 1.52. The molecule has 0 saturated heterocycles.